The fourth-order valence-corrected chi connectivity index (χ4v) is 3.24. The molecule has 1 aliphatic heterocycles. The minimum absolute atomic E-state index is 0.0626. The molecule has 2 aromatic rings. The Labute approximate surface area is 154 Å². The molecule has 0 saturated carbocycles. The average molecular weight is 398 g/mol. The van der Waals surface area contributed by atoms with Crippen LogP contribution in [0.2, 0.25) is 0 Å². The van der Waals surface area contributed by atoms with Crippen LogP contribution in [0.15, 0.2) is 76.0 Å². The lowest BCUT2D eigenvalue weighted by Gasteiger charge is -2.21. The molecule has 1 aliphatic rings. The molecule has 0 radical (unpaired) electrons. The molecule has 0 fully saturated rings. The van der Waals surface area contributed by atoms with Crippen molar-refractivity contribution in [3.05, 3.63) is 81.6 Å². The second kappa shape index (κ2) is 7.07. The maximum atomic E-state index is 12.9. The number of ether oxygens (including phenoxy) is 1. The van der Waals surface area contributed by atoms with Gasteiger partial charge in [0.1, 0.15) is 5.57 Å². The molecule has 25 heavy (non-hydrogen) atoms. The number of rotatable bonds is 3. The van der Waals surface area contributed by atoms with E-state index in [1.54, 1.807) is 17.9 Å². The summed E-state index contributed by atoms with van der Waals surface area (Å²) < 4.78 is 5.71. The number of esters is 1. The number of benzene rings is 2. The van der Waals surface area contributed by atoms with Crippen LogP contribution in [0.25, 0.3) is 6.08 Å². The number of hydrogen-bond donors (Lipinski definition) is 0. The Balaban J connectivity index is 2.16. The molecule has 0 bridgehead atoms. The number of hydrogen-bond acceptors (Lipinski definition) is 4. The van der Waals surface area contributed by atoms with Crippen molar-refractivity contribution in [3.63, 3.8) is 0 Å². The fraction of sp³-hybridized carbons (Fsp3) is 0.100. The van der Waals surface area contributed by atoms with Crippen LogP contribution in [0.1, 0.15) is 12.5 Å². The zero-order chi connectivity index (χ0) is 18.0. The van der Waals surface area contributed by atoms with E-state index < -0.39 is 5.97 Å². The van der Waals surface area contributed by atoms with Crippen molar-refractivity contribution in [3.8, 4) is 0 Å². The van der Waals surface area contributed by atoms with Crippen molar-refractivity contribution in [2.24, 2.45) is 0 Å². The van der Waals surface area contributed by atoms with E-state index in [0.717, 1.165) is 15.7 Å². The topological polar surface area (TPSA) is 46.6 Å². The highest BCUT2D eigenvalue weighted by molar-refractivity contribution is 9.10. The molecule has 2 aromatic carbocycles. The lowest BCUT2D eigenvalue weighted by atomic mass is 10.1. The zero-order valence-corrected chi connectivity index (χ0v) is 15.4. The van der Waals surface area contributed by atoms with Crippen LogP contribution in [-0.2, 0) is 14.3 Å². The first-order valence-corrected chi connectivity index (χ1v) is 8.48. The highest BCUT2D eigenvalue weighted by Crippen LogP contribution is 2.35. The van der Waals surface area contributed by atoms with E-state index in [4.69, 9.17) is 4.74 Å². The van der Waals surface area contributed by atoms with Gasteiger partial charge >= 0.3 is 5.97 Å². The van der Waals surface area contributed by atoms with Gasteiger partial charge in [-0.3, -0.25) is 4.79 Å². The molecule has 4 nitrogen and oxygen atoms in total. The highest BCUT2D eigenvalue weighted by Gasteiger charge is 2.38. The fourth-order valence-electron chi connectivity index (χ4n) is 2.82. The number of carbonyl (C=O) groups excluding carboxylic acids is 2. The number of para-hydroxylation sites is 1. The van der Waals surface area contributed by atoms with Crippen molar-refractivity contribution >= 4 is 39.4 Å². The van der Waals surface area contributed by atoms with E-state index >= 15 is 0 Å². The number of carbonyl (C=O) groups is 2. The molecular weight excluding hydrogens is 382 g/mol. The number of allylic oxidation sites excluding steroid dienone is 2. The summed E-state index contributed by atoms with van der Waals surface area (Å²) >= 11 is 3.43. The molecule has 126 valence electrons. The van der Waals surface area contributed by atoms with Gasteiger partial charge in [0.25, 0.3) is 0 Å². The lowest BCUT2D eigenvalue weighted by molar-refractivity contribution is -0.137. The molecule has 5 heteroatoms. The summed E-state index contributed by atoms with van der Waals surface area (Å²) in [5, 5.41) is 0. The third-order valence-corrected chi connectivity index (χ3v) is 4.45. The standard InChI is InChI=1S/C20H16BrNO3/c1-13-18(20(24)25-2)19(23)17(12-14-7-6-8-15(21)11-14)22(13)16-9-4-3-5-10-16/h3-12H,1-2H3/b17-12+. The van der Waals surface area contributed by atoms with Crippen molar-refractivity contribution < 1.29 is 14.3 Å². The van der Waals surface area contributed by atoms with Crippen LogP contribution in [0.3, 0.4) is 0 Å². The second-order valence-electron chi connectivity index (χ2n) is 5.54. The van der Waals surface area contributed by atoms with Crippen LogP contribution in [-0.4, -0.2) is 18.9 Å². The summed E-state index contributed by atoms with van der Waals surface area (Å²) in [4.78, 5) is 26.8. The largest absolute Gasteiger partial charge is 0.465 e. The summed E-state index contributed by atoms with van der Waals surface area (Å²) in [6.45, 7) is 1.75. The number of halogens is 1. The van der Waals surface area contributed by atoms with Gasteiger partial charge in [-0.1, -0.05) is 46.3 Å². The highest BCUT2D eigenvalue weighted by atomic mass is 79.9. The van der Waals surface area contributed by atoms with Crippen LogP contribution in [0.5, 0.6) is 0 Å². The van der Waals surface area contributed by atoms with Gasteiger partial charge in [-0.05, 0) is 42.8 Å². The van der Waals surface area contributed by atoms with E-state index in [2.05, 4.69) is 15.9 Å². The molecule has 0 unspecified atom stereocenters. The Bertz CT molecular complexity index is 900. The molecule has 1 heterocycles. The molecule has 0 aromatic heterocycles. The Hall–Kier alpha value is -2.66. The van der Waals surface area contributed by atoms with Crippen LogP contribution < -0.4 is 4.90 Å². The molecular formula is C20H16BrNO3. The van der Waals surface area contributed by atoms with E-state index in [1.807, 2.05) is 54.6 Å². The molecule has 0 amide bonds. The molecule has 0 N–H and O–H groups in total. The van der Waals surface area contributed by atoms with E-state index in [1.165, 1.54) is 7.11 Å². The normalized spacial score (nSPS) is 15.9. The van der Waals surface area contributed by atoms with Crippen molar-refractivity contribution in [2.75, 3.05) is 12.0 Å². The first kappa shape index (κ1) is 17.2. The van der Waals surface area contributed by atoms with Gasteiger partial charge < -0.3 is 9.64 Å². The van der Waals surface area contributed by atoms with Gasteiger partial charge in [0.15, 0.2) is 0 Å². The maximum absolute atomic E-state index is 12.9. The van der Waals surface area contributed by atoms with E-state index in [-0.39, 0.29) is 11.4 Å². The molecule has 0 atom stereocenters. The van der Waals surface area contributed by atoms with Gasteiger partial charge in [0.2, 0.25) is 5.78 Å². The van der Waals surface area contributed by atoms with E-state index in [0.29, 0.717) is 11.4 Å². The summed E-state index contributed by atoms with van der Waals surface area (Å²) in [5.74, 6) is -0.964. The van der Waals surface area contributed by atoms with Gasteiger partial charge in [0.05, 0.1) is 12.8 Å². The molecule has 0 aliphatic carbocycles. The number of Topliss-reactive ketones (excluding diaryl/α,β-unsaturated/α-hetero) is 1. The molecule has 3 rings (SSSR count). The third-order valence-electron chi connectivity index (χ3n) is 3.95. The third kappa shape index (κ3) is 3.28. The molecule has 0 spiro atoms. The van der Waals surface area contributed by atoms with Crippen LogP contribution >= 0.6 is 15.9 Å². The predicted octanol–water partition coefficient (Wildman–Crippen LogP) is 4.33. The summed E-state index contributed by atoms with van der Waals surface area (Å²) in [6.07, 6.45) is 1.78. The van der Waals surface area contributed by atoms with Gasteiger partial charge in [-0.15, -0.1) is 0 Å². The van der Waals surface area contributed by atoms with Crippen molar-refractivity contribution in [2.45, 2.75) is 6.92 Å². The Morgan fingerprint density at radius 2 is 1.84 bits per heavy atom. The molecule has 0 saturated heterocycles. The maximum Gasteiger partial charge on any atom is 0.343 e. The average Bonchev–Trinajstić information content (AvgIpc) is 2.85. The minimum atomic E-state index is -0.624. The summed E-state index contributed by atoms with van der Waals surface area (Å²) in [6, 6.07) is 17.1. The monoisotopic (exact) mass is 397 g/mol. The zero-order valence-electron chi connectivity index (χ0n) is 13.8. The number of methoxy groups -OCH3 is 1. The SMILES string of the molecule is COC(=O)C1=C(C)N(c2ccccc2)/C(=C/c2cccc(Br)c2)C1=O. The smallest absolute Gasteiger partial charge is 0.343 e. The van der Waals surface area contributed by atoms with Gasteiger partial charge in [-0.2, -0.15) is 0 Å². The predicted molar refractivity (Wildman–Crippen MR) is 101 cm³/mol. The summed E-state index contributed by atoms with van der Waals surface area (Å²) in [5.41, 5.74) is 2.71. The minimum Gasteiger partial charge on any atom is -0.465 e. The quantitative estimate of drug-likeness (QED) is 0.439. The Morgan fingerprint density at radius 1 is 1.12 bits per heavy atom. The van der Waals surface area contributed by atoms with Gasteiger partial charge in [0, 0.05) is 15.9 Å². The number of ketones is 1. The number of anilines is 1. The first-order chi connectivity index (χ1) is 12.0. The summed E-state index contributed by atoms with van der Waals surface area (Å²) in [7, 11) is 1.28. The Morgan fingerprint density at radius 3 is 2.48 bits per heavy atom. The van der Waals surface area contributed by atoms with Crippen LogP contribution in [0.4, 0.5) is 5.69 Å². The van der Waals surface area contributed by atoms with Crippen LogP contribution in [0, 0.1) is 0 Å². The lowest BCUT2D eigenvalue weighted by Crippen LogP contribution is -2.18. The van der Waals surface area contributed by atoms with Crippen molar-refractivity contribution in [1.82, 2.24) is 0 Å². The van der Waals surface area contributed by atoms with Crippen molar-refractivity contribution in [1.29, 1.82) is 0 Å². The van der Waals surface area contributed by atoms with Gasteiger partial charge in [-0.25, -0.2) is 4.79 Å². The number of nitrogens with zero attached hydrogens (tertiary/aromatic N) is 1. The first-order valence-electron chi connectivity index (χ1n) is 7.69. The van der Waals surface area contributed by atoms with E-state index in [9.17, 15) is 9.59 Å². The Kier molecular flexibility index (Phi) is 4.86. The second-order valence-corrected chi connectivity index (χ2v) is 6.45.